The zero-order chi connectivity index (χ0) is 18.8. The second kappa shape index (κ2) is 7.41. The first kappa shape index (κ1) is 18.3. The van der Waals surface area contributed by atoms with Gasteiger partial charge in [-0.1, -0.05) is 13.3 Å². The Balaban J connectivity index is 1.72. The normalized spacial score (nSPS) is 16.7. The quantitative estimate of drug-likeness (QED) is 0.826. The van der Waals surface area contributed by atoms with E-state index in [0.29, 0.717) is 11.0 Å². The first-order valence-electron chi connectivity index (χ1n) is 8.63. The molecular weight excluding hydrogens is 352 g/mol. The Morgan fingerprint density at radius 2 is 2.19 bits per heavy atom. The van der Waals surface area contributed by atoms with Gasteiger partial charge in [-0.2, -0.15) is 0 Å². The number of fused-ring (bicyclic) bond motifs is 1. The summed E-state index contributed by atoms with van der Waals surface area (Å²) in [5.41, 5.74) is 0.516. The van der Waals surface area contributed by atoms with Crippen LogP contribution in [-0.4, -0.2) is 20.0 Å². The lowest BCUT2D eigenvalue weighted by Gasteiger charge is -2.18. The summed E-state index contributed by atoms with van der Waals surface area (Å²) < 4.78 is 2.31. The third-order valence-corrected chi connectivity index (χ3v) is 5.77. The SMILES string of the molecule is CCC1CCc2nc(NC(=O)/C=C/c3cn(C)c(=O)n(C)c3=O)sc2C1. The molecule has 0 saturated carbocycles. The van der Waals surface area contributed by atoms with Crippen LogP contribution in [0.15, 0.2) is 21.9 Å². The molecule has 2 aromatic heterocycles. The van der Waals surface area contributed by atoms with Gasteiger partial charge in [0.2, 0.25) is 5.91 Å². The van der Waals surface area contributed by atoms with E-state index in [2.05, 4.69) is 17.2 Å². The Morgan fingerprint density at radius 1 is 1.42 bits per heavy atom. The maximum Gasteiger partial charge on any atom is 0.330 e. The van der Waals surface area contributed by atoms with E-state index in [1.807, 2.05) is 0 Å². The number of carbonyl (C=O) groups is 1. The highest BCUT2D eigenvalue weighted by atomic mass is 32.1. The molecule has 1 unspecified atom stereocenters. The van der Waals surface area contributed by atoms with Gasteiger partial charge in [0.05, 0.1) is 11.3 Å². The minimum atomic E-state index is -0.438. The van der Waals surface area contributed by atoms with Crippen molar-refractivity contribution in [2.24, 2.45) is 20.0 Å². The molecule has 0 fully saturated rings. The predicted octanol–water partition coefficient (Wildman–Crippen LogP) is 1.71. The van der Waals surface area contributed by atoms with Crippen molar-refractivity contribution in [3.05, 3.63) is 49.2 Å². The van der Waals surface area contributed by atoms with Gasteiger partial charge in [-0.05, 0) is 31.3 Å². The van der Waals surface area contributed by atoms with Crippen LogP contribution in [-0.2, 0) is 31.7 Å². The number of amides is 1. The molecule has 7 nitrogen and oxygen atoms in total. The largest absolute Gasteiger partial charge is 0.330 e. The molecule has 0 radical (unpaired) electrons. The summed E-state index contributed by atoms with van der Waals surface area (Å²) in [6.07, 6.45) is 8.43. The zero-order valence-corrected chi connectivity index (χ0v) is 15.9. The van der Waals surface area contributed by atoms with Crippen molar-refractivity contribution in [2.75, 3.05) is 5.32 Å². The molecule has 0 spiro atoms. The van der Waals surface area contributed by atoms with Crippen LogP contribution in [0.1, 0.15) is 35.9 Å². The van der Waals surface area contributed by atoms with E-state index in [4.69, 9.17) is 0 Å². The van der Waals surface area contributed by atoms with E-state index in [-0.39, 0.29) is 11.5 Å². The Labute approximate surface area is 155 Å². The molecule has 0 aliphatic heterocycles. The standard InChI is InChI=1S/C18H22N4O3S/c1-4-11-5-7-13-14(9-11)26-17(19-13)20-15(23)8-6-12-10-21(2)18(25)22(3)16(12)24/h6,8,10-11H,4-5,7,9H2,1-3H3,(H,19,20,23)/b8-6+. The lowest BCUT2D eigenvalue weighted by Crippen LogP contribution is -2.37. The Hall–Kier alpha value is -2.48. The van der Waals surface area contributed by atoms with Gasteiger partial charge in [0.1, 0.15) is 0 Å². The van der Waals surface area contributed by atoms with E-state index in [9.17, 15) is 14.4 Å². The molecule has 1 amide bonds. The monoisotopic (exact) mass is 374 g/mol. The summed E-state index contributed by atoms with van der Waals surface area (Å²) in [5.74, 6) is 0.353. The third-order valence-electron chi connectivity index (χ3n) is 4.74. The summed E-state index contributed by atoms with van der Waals surface area (Å²) in [6.45, 7) is 2.20. The number of hydrogen-bond acceptors (Lipinski definition) is 5. The van der Waals surface area contributed by atoms with Crippen LogP contribution >= 0.6 is 11.3 Å². The third kappa shape index (κ3) is 3.70. The molecule has 138 valence electrons. The molecule has 2 aromatic rings. The maximum atomic E-state index is 12.2. The van der Waals surface area contributed by atoms with Gasteiger partial charge in [-0.25, -0.2) is 9.78 Å². The lowest BCUT2D eigenvalue weighted by atomic mass is 9.89. The van der Waals surface area contributed by atoms with Crippen LogP contribution in [0.2, 0.25) is 0 Å². The average Bonchev–Trinajstić information content (AvgIpc) is 3.02. The van der Waals surface area contributed by atoms with Crippen molar-refractivity contribution < 1.29 is 4.79 Å². The van der Waals surface area contributed by atoms with Crippen molar-refractivity contribution in [1.29, 1.82) is 0 Å². The van der Waals surface area contributed by atoms with Crippen LogP contribution in [0.25, 0.3) is 6.08 Å². The fourth-order valence-electron chi connectivity index (χ4n) is 3.11. The molecule has 26 heavy (non-hydrogen) atoms. The van der Waals surface area contributed by atoms with Crippen LogP contribution in [0.5, 0.6) is 0 Å². The number of thiazole rings is 1. The number of nitrogens with zero attached hydrogens (tertiary/aromatic N) is 3. The molecule has 1 atom stereocenters. The molecule has 0 saturated heterocycles. The van der Waals surface area contributed by atoms with Crippen molar-refractivity contribution in [1.82, 2.24) is 14.1 Å². The molecule has 1 aliphatic rings. The predicted molar refractivity (Wildman–Crippen MR) is 103 cm³/mol. The van der Waals surface area contributed by atoms with E-state index < -0.39 is 11.2 Å². The minimum absolute atomic E-state index is 0.272. The number of aromatic nitrogens is 3. The first-order valence-corrected chi connectivity index (χ1v) is 9.45. The highest BCUT2D eigenvalue weighted by Gasteiger charge is 2.21. The van der Waals surface area contributed by atoms with E-state index in [1.54, 1.807) is 7.05 Å². The highest BCUT2D eigenvalue weighted by Crippen LogP contribution is 2.33. The van der Waals surface area contributed by atoms with Gasteiger partial charge in [-0.15, -0.1) is 11.3 Å². The Kier molecular flexibility index (Phi) is 5.22. The Bertz CT molecular complexity index is 983. The fraction of sp³-hybridized carbons (Fsp3) is 0.444. The van der Waals surface area contributed by atoms with Gasteiger partial charge in [0, 0.05) is 31.2 Å². The summed E-state index contributed by atoms with van der Waals surface area (Å²) in [7, 11) is 2.97. The molecule has 1 N–H and O–H groups in total. The highest BCUT2D eigenvalue weighted by molar-refractivity contribution is 7.15. The lowest BCUT2D eigenvalue weighted by molar-refractivity contribution is -0.111. The fourth-order valence-corrected chi connectivity index (χ4v) is 4.23. The average molecular weight is 374 g/mol. The van der Waals surface area contributed by atoms with E-state index in [0.717, 1.165) is 35.9 Å². The van der Waals surface area contributed by atoms with Gasteiger partial charge < -0.3 is 4.57 Å². The van der Waals surface area contributed by atoms with Crippen molar-refractivity contribution in [3.8, 4) is 0 Å². The molecule has 2 heterocycles. The van der Waals surface area contributed by atoms with Crippen LogP contribution in [0, 0.1) is 5.92 Å². The summed E-state index contributed by atoms with van der Waals surface area (Å²) >= 11 is 1.53. The van der Waals surface area contributed by atoms with E-state index in [1.165, 1.54) is 46.2 Å². The van der Waals surface area contributed by atoms with Crippen LogP contribution in [0.4, 0.5) is 5.13 Å². The second-order valence-electron chi connectivity index (χ2n) is 6.57. The number of carbonyl (C=O) groups excluding carboxylic acids is 1. The molecule has 8 heteroatoms. The van der Waals surface area contributed by atoms with Gasteiger partial charge in [-0.3, -0.25) is 19.5 Å². The molecule has 1 aliphatic carbocycles. The van der Waals surface area contributed by atoms with Crippen LogP contribution < -0.4 is 16.6 Å². The summed E-state index contributed by atoms with van der Waals surface area (Å²) in [5, 5.41) is 3.36. The smallest absolute Gasteiger partial charge is 0.303 e. The molecule has 0 bridgehead atoms. The van der Waals surface area contributed by atoms with Crippen molar-refractivity contribution >= 4 is 28.5 Å². The molecule has 0 aromatic carbocycles. The Morgan fingerprint density at radius 3 is 2.92 bits per heavy atom. The van der Waals surface area contributed by atoms with E-state index >= 15 is 0 Å². The van der Waals surface area contributed by atoms with Crippen molar-refractivity contribution in [2.45, 2.75) is 32.6 Å². The first-order chi connectivity index (χ1) is 12.4. The van der Waals surface area contributed by atoms with Gasteiger partial charge in [0.25, 0.3) is 5.56 Å². The zero-order valence-electron chi connectivity index (χ0n) is 15.1. The number of anilines is 1. The number of aryl methyl sites for hydroxylation is 2. The second-order valence-corrected chi connectivity index (χ2v) is 7.65. The van der Waals surface area contributed by atoms with Gasteiger partial charge in [0.15, 0.2) is 5.13 Å². The maximum absolute atomic E-state index is 12.2. The van der Waals surface area contributed by atoms with Gasteiger partial charge >= 0.3 is 5.69 Å². The molecule has 3 rings (SSSR count). The minimum Gasteiger partial charge on any atom is -0.303 e. The topological polar surface area (TPSA) is 86.0 Å². The number of nitrogens with one attached hydrogen (secondary N) is 1. The number of hydrogen-bond donors (Lipinski definition) is 1. The molecular formula is C18H22N4O3S. The summed E-state index contributed by atoms with van der Waals surface area (Å²) in [4.78, 5) is 41.7. The van der Waals surface area contributed by atoms with Crippen LogP contribution in [0.3, 0.4) is 0 Å². The number of rotatable bonds is 4. The van der Waals surface area contributed by atoms with Crippen molar-refractivity contribution in [3.63, 3.8) is 0 Å². The summed E-state index contributed by atoms with van der Waals surface area (Å²) in [6, 6.07) is 0.